The van der Waals surface area contributed by atoms with Gasteiger partial charge >= 0.3 is 0 Å². The number of ether oxygens (including phenoxy) is 1. The Kier molecular flexibility index (Phi) is 4.28. The first-order chi connectivity index (χ1) is 8.60. The maximum atomic E-state index is 11.8. The van der Waals surface area contributed by atoms with Gasteiger partial charge in [-0.15, -0.1) is 0 Å². The zero-order valence-corrected chi connectivity index (χ0v) is 11.6. The first-order valence-corrected chi connectivity index (χ1v) is 7.27. The van der Waals surface area contributed by atoms with Crippen molar-refractivity contribution in [3.05, 3.63) is 0 Å². The van der Waals surface area contributed by atoms with Crippen LogP contribution in [0.2, 0.25) is 0 Å². The van der Waals surface area contributed by atoms with E-state index in [2.05, 4.69) is 5.32 Å². The van der Waals surface area contributed by atoms with Crippen LogP contribution in [0, 0.1) is 5.41 Å². The molecule has 2 fully saturated rings. The van der Waals surface area contributed by atoms with Crippen molar-refractivity contribution >= 4 is 5.91 Å². The lowest BCUT2D eigenvalue weighted by Crippen LogP contribution is -2.66. The van der Waals surface area contributed by atoms with Crippen LogP contribution in [-0.2, 0) is 9.53 Å². The zero-order valence-electron chi connectivity index (χ0n) is 11.6. The van der Waals surface area contributed by atoms with E-state index in [-0.39, 0.29) is 17.4 Å². The molecule has 3 atom stereocenters. The molecule has 0 radical (unpaired) electrons. The van der Waals surface area contributed by atoms with Gasteiger partial charge in [-0.05, 0) is 33.1 Å². The lowest BCUT2D eigenvalue weighted by molar-refractivity contribution is -0.157. The number of amides is 1. The third-order valence-electron chi connectivity index (χ3n) is 4.67. The molecule has 1 spiro atoms. The maximum absolute atomic E-state index is 11.8. The van der Waals surface area contributed by atoms with Gasteiger partial charge in [-0.1, -0.05) is 19.3 Å². The molecule has 0 saturated heterocycles. The Hall–Kier alpha value is -0.610. The smallest absolute Gasteiger partial charge is 0.236 e. The van der Waals surface area contributed by atoms with Gasteiger partial charge in [-0.2, -0.15) is 0 Å². The summed E-state index contributed by atoms with van der Waals surface area (Å²) >= 11 is 0. The van der Waals surface area contributed by atoms with Gasteiger partial charge in [0.25, 0.3) is 0 Å². The van der Waals surface area contributed by atoms with Crippen LogP contribution in [0.5, 0.6) is 0 Å². The standard InChI is InChI=1S/C14H26N2O2/c1-3-18-12-9-11(16-13(17)10(2)15)14(12)7-5-4-6-8-14/h10-12H,3-9,15H2,1-2H3,(H,16,17)/t10-,11?,12?/m1/s1. The molecule has 3 N–H and O–H groups in total. The minimum Gasteiger partial charge on any atom is -0.378 e. The predicted molar refractivity (Wildman–Crippen MR) is 71.1 cm³/mol. The Morgan fingerprint density at radius 1 is 1.44 bits per heavy atom. The highest BCUT2D eigenvalue weighted by Crippen LogP contribution is 2.53. The largest absolute Gasteiger partial charge is 0.378 e. The fraction of sp³-hybridized carbons (Fsp3) is 0.929. The molecule has 2 rings (SSSR count). The summed E-state index contributed by atoms with van der Waals surface area (Å²) < 4.78 is 5.86. The minimum absolute atomic E-state index is 0.0279. The number of hydrogen-bond acceptors (Lipinski definition) is 3. The molecule has 104 valence electrons. The van der Waals surface area contributed by atoms with E-state index in [0.717, 1.165) is 13.0 Å². The Labute approximate surface area is 110 Å². The van der Waals surface area contributed by atoms with E-state index < -0.39 is 6.04 Å². The number of carbonyl (C=O) groups is 1. The molecule has 2 aliphatic carbocycles. The lowest BCUT2D eigenvalue weighted by atomic mass is 9.55. The van der Waals surface area contributed by atoms with Crippen molar-refractivity contribution in [3.8, 4) is 0 Å². The van der Waals surface area contributed by atoms with Gasteiger partial charge < -0.3 is 15.8 Å². The fourth-order valence-electron chi connectivity index (χ4n) is 3.57. The third kappa shape index (κ3) is 2.41. The summed E-state index contributed by atoms with van der Waals surface area (Å²) in [6, 6.07) is -0.148. The summed E-state index contributed by atoms with van der Waals surface area (Å²) in [4.78, 5) is 11.8. The summed E-state index contributed by atoms with van der Waals surface area (Å²) in [7, 11) is 0. The van der Waals surface area contributed by atoms with E-state index >= 15 is 0 Å². The number of hydrogen-bond donors (Lipinski definition) is 2. The highest BCUT2D eigenvalue weighted by Gasteiger charge is 2.56. The van der Waals surface area contributed by atoms with Crippen molar-refractivity contribution in [1.29, 1.82) is 0 Å². The van der Waals surface area contributed by atoms with E-state index in [4.69, 9.17) is 10.5 Å². The average Bonchev–Trinajstić information content (AvgIpc) is 2.38. The zero-order chi connectivity index (χ0) is 13.2. The number of nitrogens with one attached hydrogen (secondary N) is 1. The van der Waals surface area contributed by atoms with Gasteiger partial charge in [-0.3, -0.25) is 4.79 Å². The molecule has 0 aromatic heterocycles. The van der Waals surface area contributed by atoms with Crippen LogP contribution in [0.4, 0.5) is 0 Å². The molecular formula is C14H26N2O2. The van der Waals surface area contributed by atoms with Crippen molar-refractivity contribution in [2.45, 2.75) is 70.6 Å². The number of rotatable bonds is 4. The normalized spacial score (nSPS) is 31.7. The molecule has 4 nitrogen and oxygen atoms in total. The predicted octanol–water partition coefficient (Wildman–Crippen LogP) is 1.58. The van der Waals surface area contributed by atoms with Crippen LogP contribution >= 0.6 is 0 Å². The van der Waals surface area contributed by atoms with E-state index in [0.29, 0.717) is 6.10 Å². The number of nitrogens with two attached hydrogens (primary N) is 1. The summed E-state index contributed by atoms with van der Waals surface area (Å²) in [5.41, 5.74) is 5.82. The Morgan fingerprint density at radius 3 is 2.67 bits per heavy atom. The summed E-state index contributed by atoms with van der Waals surface area (Å²) in [6.45, 7) is 4.55. The van der Waals surface area contributed by atoms with Gasteiger partial charge in [-0.25, -0.2) is 0 Å². The van der Waals surface area contributed by atoms with Gasteiger partial charge in [0.15, 0.2) is 0 Å². The van der Waals surface area contributed by atoms with E-state index in [1.807, 2.05) is 6.92 Å². The molecule has 0 aromatic rings. The van der Waals surface area contributed by atoms with Crippen LogP contribution in [0.3, 0.4) is 0 Å². The Balaban J connectivity index is 2.01. The highest BCUT2D eigenvalue weighted by molar-refractivity contribution is 5.81. The molecule has 1 amide bonds. The average molecular weight is 254 g/mol. The first kappa shape index (κ1) is 13.8. The molecule has 18 heavy (non-hydrogen) atoms. The molecule has 0 aliphatic heterocycles. The molecule has 0 aromatic carbocycles. The molecule has 4 heteroatoms. The van der Waals surface area contributed by atoms with Crippen molar-refractivity contribution in [2.24, 2.45) is 11.1 Å². The second-order valence-corrected chi connectivity index (χ2v) is 5.82. The molecule has 2 unspecified atom stereocenters. The van der Waals surface area contributed by atoms with Gasteiger partial charge in [0.05, 0.1) is 12.1 Å². The topological polar surface area (TPSA) is 64.3 Å². The lowest BCUT2D eigenvalue weighted by Gasteiger charge is -2.57. The highest BCUT2D eigenvalue weighted by atomic mass is 16.5. The van der Waals surface area contributed by atoms with E-state index in [1.54, 1.807) is 6.92 Å². The van der Waals surface area contributed by atoms with Crippen molar-refractivity contribution in [2.75, 3.05) is 6.61 Å². The Morgan fingerprint density at radius 2 is 2.11 bits per heavy atom. The van der Waals surface area contributed by atoms with Gasteiger partial charge in [0, 0.05) is 18.1 Å². The van der Waals surface area contributed by atoms with E-state index in [1.165, 1.54) is 32.1 Å². The molecule has 0 bridgehead atoms. The first-order valence-electron chi connectivity index (χ1n) is 7.27. The summed E-state index contributed by atoms with van der Waals surface area (Å²) in [6.07, 6.45) is 7.48. The minimum atomic E-state index is -0.420. The molecule has 0 heterocycles. The van der Waals surface area contributed by atoms with Crippen molar-refractivity contribution < 1.29 is 9.53 Å². The van der Waals surface area contributed by atoms with Crippen molar-refractivity contribution in [3.63, 3.8) is 0 Å². The maximum Gasteiger partial charge on any atom is 0.236 e. The van der Waals surface area contributed by atoms with Gasteiger partial charge in [0.1, 0.15) is 0 Å². The van der Waals surface area contributed by atoms with Crippen LogP contribution in [0.25, 0.3) is 0 Å². The molecule has 2 saturated carbocycles. The SMILES string of the molecule is CCOC1CC(NC(=O)[C@@H](C)N)C12CCCCC2. The second kappa shape index (κ2) is 5.57. The van der Waals surface area contributed by atoms with Crippen LogP contribution < -0.4 is 11.1 Å². The van der Waals surface area contributed by atoms with Gasteiger partial charge in [0.2, 0.25) is 5.91 Å². The Bertz CT molecular complexity index is 298. The molecular weight excluding hydrogens is 228 g/mol. The van der Waals surface area contributed by atoms with Crippen LogP contribution in [0.1, 0.15) is 52.4 Å². The quantitative estimate of drug-likeness (QED) is 0.800. The molecule has 2 aliphatic rings. The second-order valence-electron chi connectivity index (χ2n) is 5.82. The summed E-state index contributed by atoms with van der Waals surface area (Å²) in [5.74, 6) is -0.0279. The summed E-state index contributed by atoms with van der Waals surface area (Å²) in [5, 5.41) is 3.12. The van der Waals surface area contributed by atoms with Crippen LogP contribution in [-0.4, -0.2) is 30.7 Å². The van der Waals surface area contributed by atoms with Crippen molar-refractivity contribution in [1.82, 2.24) is 5.32 Å². The number of carbonyl (C=O) groups excluding carboxylic acids is 1. The van der Waals surface area contributed by atoms with E-state index in [9.17, 15) is 4.79 Å². The fourth-order valence-corrected chi connectivity index (χ4v) is 3.57. The third-order valence-corrected chi connectivity index (χ3v) is 4.67. The monoisotopic (exact) mass is 254 g/mol. The van der Waals surface area contributed by atoms with Crippen LogP contribution in [0.15, 0.2) is 0 Å².